The minimum absolute atomic E-state index is 0.329. The normalized spacial score (nSPS) is 12.8. The molecule has 1 heterocycles. The summed E-state index contributed by atoms with van der Waals surface area (Å²) >= 11 is 0. The monoisotopic (exact) mass is 271 g/mol. The van der Waals surface area contributed by atoms with Gasteiger partial charge in [0.15, 0.2) is 0 Å². The average molecular weight is 271 g/mol. The largest absolute Gasteiger partial charge is 0.345 e. The van der Waals surface area contributed by atoms with Crippen LogP contribution in [0.5, 0.6) is 0 Å². The van der Waals surface area contributed by atoms with Gasteiger partial charge in [0.05, 0.1) is 5.69 Å². The Bertz CT molecular complexity index is 528. The Morgan fingerprint density at radius 3 is 2.45 bits per heavy atom. The third-order valence-electron chi connectivity index (χ3n) is 3.68. The Kier molecular flexibility index (Phi) is 4.96. The molecule has 0 fully saturated rings. The molecule has 0 radical (unpaired) electrons. The van der Waals surface area contributed by atoms with Gasteiger partial charge < -0.3 is 10.7 Å². The maximum atomic E-state index is 5.90. The molecule has 20 heavy (non-hydrogen) atoms. The number of imidazole rings is 1. The molecule has 0 spiro atoms. The van der Waals surface area contributed by atoms with Gasteiger partial charge in [0.25, 0.3) is 0 Å². The van der Waals surface area contributed by atoms with Crippen molar-refractivity contribution in [2.24, 2.45) is 5.73 Å². The quantitative estimate of drug-likeness (QED) is 0.833. The molecule has 3 N–H and O–H groups in total. The van der Waals surface area contributed by atoms with Crippen molar-refractivity contribution in [3.05, 3.63) is 41.9 Å². The lowest BCUT2D eigenvalue weighted by molar-refractivity contribution is 0.593. The van der Waals surface area contributed by atoms with E-state index in [9.17, 15) is 0 Å². The molecular formula is C17H25N3. The molecule has 2 rings (SSSR count). The van der Waals surface area contributed by atoms with Crippen molar-refractivity contribution in [1.82, 2.24) is 9.97 Å². The van der Waals surface area contributed by atoms with Gasteiger partial charge >= 0.3 is 0 Å². The number of H-pyrrole nitrogens is 1. The van der Waals surface area contributed by atoms with E-state index in [1.165, 1.54) is 11.3 Å². The molecule has 1 aromatic carbocycles. The number of benzene rings is 1. The van der Waals surface area contributed by atoms with Crippen molar-refractivity contribution in [3.8, 4) is 11.3 Å². The number of nitrogens with one attached hydrogen (secondary N) is 1. The van der Waals surface area contributed by atoms with E-state index in [2.05, 4.69) is 50.0 Å². The van der Waals surface area contributed by atoms with Crippen LogP contribution in [0.4, 0.5) is 0 Å². The zero-order valence-electron chi connectivity index (χ0n) is 12.7. The molecule has 2 aromatic rings. The number of rotatable bonds is 6. The number of hydrogen-bond donors (Lipinski definition) is 2. The van der Waals surface area contributed by atoms with Crippen LogP contribution in [0.25, 0.3) is 11.3 Å². The molecule has 3 heteroatoms. The van der Waals surface area contributed by atoms with Gasteiger partial charge in [-0.1, -0.05) is 57.5 Å². The fourth-order valence-corrected chi connectivity index (χ4v) is 2.55. The van der Waals surface area contributed by atoms with Crippen LogP contribution in [0.2, 0.25) is 0 Å². The first-order valence-electron chi connectivity index (χ1n) is 7.52. The molecule has 1 unspecified atom stereocenters. The van der Waals surface area contributed by atoms with Gasteiger partial charge in [-0.15, -0.1) is 0 Å². The third-order valence-corrected chi connectivity index (χ3v) is 3.68. The van der Waals surface area contributed by atoms with Gasteiger partial charge in [0.2, 0.25) is 0 Å². The summed E-state index contributed by atoms with van der Waals surface area (Å²) in [7, 11) is 0. The van der Waals surface area contributed by atoms with E-state index in [4.69, 9.17) is 10.7 Å². The third kappa shape index (κ3) is 3.10. The standard InChI is InChI=1S/C17H25N3/c1-4-8-14(11-18)17-19-15(12(2)3)16(20-17)13-9-6-5-7-10-13/h5-7,9-10,12,14H,4,8,11,18H2,1-3H3,(H,19,20). The van der Waals surface area contributed by atoms with E-state index in [-0.39, 0.29) is 0 Å². The summed E-state index contributed by atoms with van der Waals surface area (Å²) in [4.78, 5) is 8.38. The van der Waals surface area contributed by atoms with Crippen molar-refractivity contribution in [1.29, 1.82) is 0 Å². The van der Waals surface area contributed by atoms with Crippen molar-refractivity contribution in [2.45, 2.75) is 45.4 Å². The fraction of sp³-hybridized carbons (Fsp3) is 0.471. The van der Waals surface area contributed by atoms with E-state index in [0.29, 0.717) is 18.4 Å². The Hall–Kier alpha value is -1.61. The smallest absolute Gasteiger partial charge is 0.111 e. The number of aromatic amines is 1. The molecule has 0 bridgehead atoms. The van der Waals surface area contributed by atoms with Crippen LogP contribution < -0.4 is 5.73 Å². The summed E-state index contributed by atoms with van der Waals surface area (Å²) in [6.07, 6.45) is 2.20. The summed E-state index contributed by atoms with van der Waals surface area (Å²) in [6, 6.07) is 10.4. The highest BCUT2D eigenvalue weighted by Gasteiger charge is 2.19. The molecule has 1 aromatic heterocycles. The molecule has 0 saturated carbocycles. The Morgan fingerprint density at radius 2 is 1.90 bits per heavy atom. The molecule has 0 aliphatic carbocycles. The molecule has 0 saturated heterocycles. The number of hydrogen-bond acceptors (Lipinski definition) is 2. The number of nitrogens with zero attached hydrogens (tertiary/aromatic N) is 1. The first-order chi connectivity index (χ1) is 9.67. The summed E-state index contributed by atoms with van der Waals surface area (Å²) in [6.45, 7) is 7.22. The summed E-state index contributed by atoms with van der Waals surface area (Å²) in [5.74, 6) is 1.79. The molecular weight excluding hydrogens is 246 g/mol. The SMILES string of the molecule is CCCC(CN)c1nc(-c2ccccc2)c(C(C)C)[nH]1. The van der Waals surface area contributed by atoms with E-state index in [1.807, 2.05) is 6.07 Å². The van der Waals surface area contributed by atoms with E-state index in [1.54, 1.807) is 0 Å². The Labute approximate surface area is 121 Å². The minimum atomic E-state index is 0.329. The zero-order chi connectivity index (χ0) is 14.5. The van der Waals surface area contributed by atoms with E-state index >= 15 is 0 Å². The second-order valence-electron chi connectivity index (χ2n) is 5.63. The highest BCUT2D eigenvalue weighted by Crippen LogP contribution is 2.30. The fourth-order valence-electron chi connectivity index (χ4n) is 2.55. The van der Waals surface area contributed by atoms with Crippen LogP contribution in [0.1, 0.15) is 57.0 Å². The molecule has 0 aliphatic heterocycles. The zero-order valence-corrected chi connectivity index (χ0v) is 12.7. The van der Waals surface area contributed by atoms with Crippen molar-refractivity contribution < 1.29 is 0 Å². The maximum absolute atomic E-state index is 5.90. The predicted molar refractivity (Wildman–Crippen MR) is 84.8 cm³/mol. The lowest BCUT2D eigenvalue weighted by Crippen LogP contribution is -2.13. The van der Waals surface area contributed by atoms with Gasteiger partial charge in [-0.25, -0.2) is 4.98 Å². The molecule has 3 nitrogen and oxygen atoms in total. The second-order valence-corrected chi connectivity index (χ2v) is 5.63. The predicted octanol–water partition coefficient (Wildman–Crippen LogP) is 4.04. The van der Waals surface area contributed by atoms with Gasteiger partial charge in [-0.3, -0.25) is 0 Å². The van der Waals surface area contributed by atoms with Crippen LogP contribution in [-0.2, 0) is 0 Å². The highest BCUT2D eigenvalue weighted by atomic mass is 15.0. The van der Waals surface area contributed by atoms with Gasteiger partial charge in [0, 0.05) is 23.7 Å². The molecule has 0 aliphatic rings. The van der Waals surface area contributed by atoms with E-state index in [0.717, 1.165) is 24.4 Å². The Balaban J connectivity index is 2.43. The van der Waals surface area contributed by atoms with Crippen molar-refractivity contribution in [3.63, 3.8) is 0 Å². The summed E-state index contributed by atoms with van der Waals surface area (Å²) < 4.78 is 0. The average Bonchev–Trinajstić information content (AvgIpc) is 2.91. The van der Waals surface area contributed by atoms with Gasteiger partial charge in [0.1, 0.15) is 5.82 Å². The maximum Gasteiger partial charge on any atom is 0.111 e. The van der Waals surface area contributed by atoms with Crippen LogP contribution in [0, 0.1) is 0 Å². The van der Waals surface area contributed by atoms with Crippen LogP contribution in [-0.4, -0.2) is 16.5 Å². The second kappa shape index (κ2) is 6.71. The molecule has 108 valence electrons. The van der Waals surface area contributed by atoms with Gasteiger partial charge in [-0.2, -0.15) is 0 Å². The highest BCUT2D eigenvalue weighted by molar-refractivity contribution is 5.62. The van der Waals surface area contributed by atoms with Crippen molar-refractivity contribution in [2.75, 3.05) is 6.54 Å². The molecule has 1 atom stereocenters. The summed E-state index contributed by atoms with van der Waals surface area (Å²) in [5.41, 5.74) is 9.36. The molecule has 0 amide bonds. The number of aromatic nitrogens is 2. The van der Waals surface area contributed by atoms with Gasteiger partial charge in [-0.05, 0) is 12.3 Å². The van der Waals surface area contributed by atoms with E-state index < -0.39 is 0 Å². The van der Waals surface area contributed by atoms with Crippen LogP contribution in [0.15, 0.2) is 30.3 Å². The van der Waals surface area contributed by atoms with Crippen molar-refractivity contribution >= 4 is 0 Å². The first-order valence-corrected chi connectivity index (χ1v) is 7.52. The lowest BCUT2D eigenvalue weighted by Gasteiger charge is -2.10. The minimum Gasteiger partial charge on any atom is -0.345 e. The lowest BCUT2D eigenvalue weighted by atomic mass is 10.0. The Morgan fingerprint density at radius 1 is 1.20 bits per heavy atom. The summed E-state index contributed by atoms with van der Waals surface area (Å²) in [5, 5.41) is 0. The van der Waals surface area contributed by atoms with Crippen LogP contribution >= 0.6 is 0 Å². The van der Waals surface area contributed by atoms with Crippen LogP contribution in [0.3, 0.4) is 0 Å². The topological polar surface area (TPSA) is 54.7 Å². The number of nitrogens with two attached hydrogens (primary N) is 1. The first kappa shape index (κ1) is 14.8.